The van der Waals surface area contributed by atoms with Crippen LogP contribution in [0.25, 0.3) is 0 Å². The average molecular weight is 250 g/mol. The lowest BCUT2D eigenvalue weighted by Crippen LogP contribution is -2.32. The zero-order chi connectivity index (χ0) is 12.8. The minimum Gasteiger partial charge on any atom is -0.463 e. The highest BCUT2D eigenvalue weighted by atomic mass is 16.3. The molecule has 0 amide bonds. The summed E-state index contributed by atoms with van der Waals surface area (Å²) in [6.45, 7) is 9.83. The molecule has 1 N–H and O–H groups in total. The fraction of sp³-hybridized carbons (Fsp3) is 0.733. The second-order valence-corrected chi connectivity index (χ2v) is 5.50. The van der Waals surface area contributed by atoms with E-state index < -0.39 is 0 Å². The van der Waals surface area contributed by atoms with E-state index >= 15 is 0 Å². The van der Waals surface area contributed by atoms with E-state index in [1.807, 2.05) is 0 Å². The van der Waals surface area contributed by atoms with Crippen LogP contribution in [0.15, 0.2) is 16.5 Å². The first-order valence-corrected chi connectivity index (χ1v) is 7.28. The van der Waals surface area contributed by atoms with Gasteiger partial charge in [0.25, 0.3) is 0 Å². The predicted molar refractivity (Wildman–Crippen MR) is 74.4 cm³/mol. The van der Waals surface area contributed by atoms with Crippen LogP contribution in [-0.4, -0.2) is 24.5 Å². The van der Waals surface area contributed by atoms with Gasteiger partial charge in [-0.2, -0.15) is 0 Å². The average Bonchev–Trinajstić information content (AvgIpc) is 2.80. The highest BCUT2D eigenvalue weighted by molar-refractivity contribution is 5.07. The van der Waals surface area contributed by atoms with Gasteiger partial charge in [-0.15, -0.1) is 0 Å². The fourth-order valence-electron chi connectivity index (χ4n) is 2.43. The molecule has 0 saturated carbocycles. The van der Waals surface area contributed by atoms with Gasteiger partial charge in [0.1, 0.15) is 11.5 Å². The summed E-state index contributed by atoms with van der Waals surface area (Å²) in [5.74, 6) is 3.06. The molecule has 1 aromatic rings. The number of piperidine rings is 1. The smallest absolute Gasteiger partial charge is 0.118 e. The van der Waals surface area contributed by atoms with Crippen molar-refractivity contribution < 1.29 is 4.42 Å². The van der Waals surface area contributed by atoms with E-state index in [1.165, 1.54) is 32.4 Å². The van der Waals surface area contributed by atoms with Crippen LogP contribution in [0.2, 0.25) is 0 Å². The van der Waals surface area contributed by atoms with Crippen LogP contribution in [0.3, 0.4) is 0 Å². The van der Waals surface area contributed by atoms with Gasteiger partial charge in [-0.3, -0.25) is 4.90 Å². The molecule has 1 saturated heterocycles. The maximum Gasteiger partial charge on any atom is 0.118 e. The van der Waals surface area contributed by atoms with Gasteiger partial charge in [0.2, 0.25) is 0 Å². The third kappa shape index (κ3) is 4.14. The number of nitrogens with one attached hydrogen (secondary N) is 1. The van der Waals surface area contributed by atoms with E-state index in [9.17, 15) is 0 Å². The third-order valence-electron chi connectivity index (χ3n) is 3.70. The van der Waals surface area contributed by atoms with Crippen molar-refractivity contribution in [3.63, 3.8) is 0 Å². The summed E-state index contributed by atoms with van der Waals surface area (Å²) < 4.78 is 5.86. The van der Waals surface area contributed by atoms with Gasteiger partial charge in [0.05, 0.1) is 13.1 Å². The molecular formula is C15H26N2O. The van der Waals surface area contributed by atoms with Gasteiger partial charge in [-0.25, -0.2) is 0 Å². The van der Waals surface area contributed by atoms with E-state index in [4.69, 9.17) is 4.42 Å². The minimum absolute atomic E-state index is 0.852. The van der Waals surface area contributed by atoms with E-state index in [0.29, 0.717) is 0 Å². The van der Waals surface area contributed by atoms with Crippen LogP contribution in [0.5, 0.6) is 0 Å². The summed E-state index contributed by atoms with van der Waals surface area (Å²) >= 11 is 0. The molecule has 1 aliphatic rings. The van der Waals surface area contributed by atoms with Gasteiger partial charge in [-0.05, 0) is 56.9 Å². The molecule has 0 bridgehead atoms. The molecule has 0 aromatic carbocycles. The Bertz CT molecular complexity index is 340. The Kier molecular flexibility index (Phi) is 5.26. The minimum atomic E-state index is 0.852. The first-order valence-electron chi connectivity index (χ1n) is 7.28. The maximum atomic E-state index is 5.86. The van der Waals surface area contributed by atoms with Crippen LogP contribution in [0.1, 0.15) is 44.6 Å². The summed E-state index contributed by atoms with van der Waals surface area (Å²) in [7, 11) is 0. The predicted octanol–water partition coefficient (Wildman–Crippen LogP) is 3.01. The standard InChI is InChI=1S/C15H26N2O/c1-3-8-16-11-14-4-5-15(18-14)12-17-9-6-13(2)7-10-17/h4-5,13,16H,3,6-12H2,1-2H3. The van der Waals surface area contributed by atoms with Crippen molar-refractivity contribution in [3.8, 4) is 0 Å². The molecule has 3 nitrogen and oxygen atoms in total. The van der Waals surface area contributed by atoms with Crippen molar-refractivity contribution in [2.75, 3.05) is 19.6 Å². The Labute approximate surface area is 111 Å². The Morgan fingerprint density at radius 2 is 2.00 bits per heavy atom. The molecule has 102 valence electrons. The first kappa shape index (κ1) is 13.6. The Morgan fingerprint density at radius 1 is 1.28 bits per heavy atom. The molecule has 0 radical (unpaired) electrons. The largest absolute Gasteiger partial charge is 0.463 e. The van der Waals surface area contributed by atoms with Crippen LogP contribution >= 0.6 is 0 Å². The van der Waals surface area contributed by atoms with E-state index in [0.717, 1.165) is 37.1 Å². The van der Waals surface area contributed by atoms with Crippen LogP contribution < -0.4 is 5.32 Å². The Hall–Kier alpha value is -0.800. The molecule has 2 heterocycles. The van der Waals surface area contributed by atoms with Gasteiger partial charge in [-0.1, -0.05) is 13.8 Å². The zero-order valence-electron chi connectivity index (χ0n) is 11.7. The molecule has 1 fully saturated rings. The lowest BCUT2D eigenvalue weighted by Gasteiger charge is -2.29. The number of nitrogens with zero attached hydrogens (tertiary/aromatic N) is 1. The molecule has 0 unspecified atom stereocenters. The molecule has 0 atom stereocenters. The summed E-state index contributed by atoms with van der Waals surface area (Å²) in [5, 5.41) is 3.37. The van der Waals surface area contributed by atoms with Crippen molar-refractivity contribution >= 4 is 0 Å². The molecule has 0 spiro atoms. The lowest BCUT2D eigenvalue weighted by molar-refractivity contribution is 0.172. The highest BCUT2D eigenvalue weighted by Gasteiger charge is 2.16. The summed E-state index contributed by atoms with van der Waals surface area (Å²) in [6, 6.07) is 4.23. The maximum absolute atomic E-state index is 5.86. The molecule has 3 heteroatoms. The number of furan rings is 1. The zero-order valence-corrected chi connectivity index (χ0v) is 11.7. The Balaban J connectivity index is 1.76. The van der Waals surface area contributed by atoms with E-state index in [-0.39, 0.29) is 0 Å². The molecule has 1 aromatic heterocycles. The van der Waals surface area contributed by atoms with E-state index in [1.54, 1.807) is 0 Å². The number of hydrogen-bond acceptors (Lipinski definition) is 3. The first-order chi connectivity index (χ1) is 8.78. The number of rotatable bonds is 6. The number of likely N-dealkylation sites (tertiary alicyclic amines) is 1. The topological polar surface area (TPSA) is 28.4 Å². The second kappa shape index (κ2) is 6.95. The SMILES string of the molecule is CCCNCc1ccc(CN2CCC(C)CC2)o1. The van der Waals surface area contributed by atoms with Crippen molar-refractivity contribution in [2.24, 2.45) is 5.92 Å². The monoisotopic (exact) mass is 250 g/mol. The van der Waals surface area contributed by atoms with Gasteiger partial charge >= 0.3 is 0 Å². The molecule has 0 aliphatic carbocycles. The number of hydrogen-bond donors (Lipinski definition) is 1. The van der Waals surface area contributed by atoms with E-state index in [2.05, 4.69) is 36.2 Å². The molecule has 1 aliphatic heterocycles. The molecule has 2 rings (SSSR count). The highest BCUT2D eigenvalue weighted by Crippen LogP contribution is 2.19. The van der Waals surface area contributed by atoms with Gasteiger partial charge in [0, 0.05) is 0 Å². The summed E-state index contributed by atoms with van der Waals surface area (Å²) in [4.78, 5) is 2.50. The molecular weight excluding hydrogens is 224 g/mol. The van der Waals surface area contributed by atoms with Crippen LogP contribution in [-0.2, 0) is 13.1 Å². The van der Waals surface area contributed by atoms with Gasteiger partial charge < -0.3 is 9.73 Å². The molecule has 18 heavy (non-hydrogen) atoms. The quantitative estimate of drug-likeness (QED) is 0.787. The summed E-state index contributed by atoms with van der Waals surface area (Å²) in [6.07, 6.45) is 3.82. The van der Waals surface area contributed by atoms with Crippen molar-refractivity contribution in [3.05, 3.63) is 23.7 Å². The van der Waals surface area contributed by atoms with Crippen molar-refractivity contribution in [1.29, 1.82) is 0 Å². The van der Waals surface area contributed by atoms with Crippen molar-refractivity contribution in [1.82, 2.24) is 10.2 Å². The third-order valence-corrected chi connectivity index (χ3v) is 3.70. The Morgan fingerprint density at radius 3 is 2.72 bits per heavy atom. The van der Waals surface area contributed by atoms with Gasteiger partial charge in [0.15, 0.2) is 0 Å². The van der Waals surface area contributed by atoms with Crippen LogP contribution in [0, 0.1) is 5.92 Å². The lowest BCUT2D eigenvalue weighted by atomic mass is 9.99. The fourth-order valence-corrected chi connectivity index (χ4v) is 2.43. The van der Waals surface area contributed by atoms with Crippen LogP contribution in [0.4, 0.5) is 0 Å². The van der Waals surface area contributed by atoms with Crippen molar-refractivity contribution in [2.45, 2.75) is 46.2 Å². The normalized spacial score (nSPS) is 18.3. The second-order valence-electron chi connectivity index (χ2n) is 5.50. The summed E-state index contributed by atoms with van der Waals surface area (Å²) in [5.41, 5.74) is 0.